The van der Waals surface area contributed by atoms with E-state index in [4.69, 9.17) is 4.74 Å². The molecule has 5 nitrogen and oxygen atoms in total. The maximum Gasteiger partial charge on any atom is 0.147 e. The first-order chi connectivity index (χ1) is 7.79. The zero-order chi connectivity index (χ0) is 11.4. The van der Waals surface area contributed by atoms with Crippen molar-refractivity contribution < 1.29 is 4.74 Å². The lowest BCUT2D eigenvalue weighted by Crippen LogP contribution is -2.30. The van der Waals surface area contributed by atoms with E-state index in [9.17, 15) is 0 Å². The summed E-state index contributed by atoms with van der Waals surface area (Å²) in [6, 6.07) is 0.268. The zero-order valence-corrected chi connectivity index (χ0v) is 9.73. The van der Waals surface area contributed by atoms with Crippen molar-refractivity contribution in [2.45, 2.75) is 31.9 Å². The fourth-order valence-corrected chi connectivity index (χ4v) is 1.88. The number of rotatable bonds is 4. The summed E-state index contributed by atoms with van der Waals surface area (Å²) in [6.45, 7) is 2.99. The van der Waals surface area contributed by atoms with Crippen LogP contribution in [0.4, 0.5) is 11.6 Å². The fraction of sp³-hybridized carbons (Fsp3) is 0.636. The Morgan fingerprint density at radius 1 is 1.44 bits per heavy atom. The van der Waals surface area contributed by atoms with E-state index in [1.54, 1.807) is 12.4 Å². The van der Waals surface area contributed by atoms with Gasteiger partial charge in [-0.1, -0.05) is 0 Å². The zero-order valence-electron chi connectivity index (χ0n) is 9.73. The van der Waals surface area contributed by atoms with Crippen LogP contribution in [0.5, 0.6) is 0 Å². The van der Waals surface area contributed by atoms with Crippen LogP contribution in [-0.4, -0.2) is 35.8 Å². The van der Waals surface area contributed by atoms with Gasteiger partial charge in [0.1, 0.15) is 11.6 Å². The van der Waals surface area contributed by atoms with E-state index >= 15 is 0 Å². The van der Waals surface area contributed by atoms with Gasteiger partial charge in [0.15, 0.2) is 0 Å². The molecule has 2 rings (SSSR count). The Balaban J connectivity index is 1.96. The highest BCUT2D eigenvalue weighted by atomic mass is 16.5. The van der Waals surface area contributed by atoms with Gasteiger partial charge in [-0.3, -0.25) is 4.98 Å². The molecule has 5 heteroatoms. The van der Waals surface area contributed by atoms with Crippen molar-refractivity contribution in [2.24, 2.45) is 0 Å². The van der Waals surface area contributed by atoms with Gasteiger partial charge in [-0.05, 0) is 19.8 Å². The number of nitrogens with one attached hydrogen (secondary N) is 2. The molecule has 2 unspecified atom stereocenters. The largest absolute Gasteiger partial charge is 0.376 e. The second-order valence-electron chi connectivity index (χ2n) is 4.02. The van der Waals surface area contributed by atoms with Crippen molar-refractivity contribution >= 4 is 11.6 Å². The average molecular weight is 222 g/mol. The molecule has 0 spiro atoms. The van der Waals surface area contributed by atoms with Crippen LogP contribution in [0.15, 0.2) is 12.4 Å². The molecule has 0 amide bonds. The Labute approximate surface area is 95.6 Å². The lowest BCUT2D eigenvalue weighted by Gasteiger charge is -2.20. The van der Waals surface area contributed by atoms with E-state index < -0.39 is 0 Å². The van der Waals surface area contributed by atoms with Gasteiger partial charge in [0.25, 0.3) is 0 Å². The maximum absolute atomic E-state index is 5.62. The highest BCUT2D eigenvalue weighted by molar-refractivity contribution is 5.41. The van der Waals surface area contributed by atoms with Gasteiger partial charge < -0.3 is 15.4 Å². The molecule has 0 radical (unpaired) electrons. The summed E-state index contributed by atoms with van der Waals surface area (Å²) in [7, 11) is 1.83. The Morgan fingerprint density at radius 3 is 2.94 bits per heavy atom. The summed E-state index contributed by atoms with van der Waals surface area (Å²) in [5.41, 5.74) is 0. The number of hydrogen-bond acceptors (Lipinski definition) is 5. The molecule has 0 saturated carbocycles. The highest BCUT2D eigenvalue weighted by Crippen LogP contribution is 2.18. The van der Waals surface area contributed by atoms with Crippen LogP contribution in [-0.2, 0) is 4.74 Å². The van der Waals surface area contributed by atoms with E-state index in [2.05, 4.69) is 27.5 Å². The average Bonchev–Trinajstić information content (AvgIpc) is 2.83. The Kier molecular flexibility index (Phi) is 3.56. The van der Waals surface area contributed by atoms with Gasteiger partial charge >= 0.3 is 0 Å². The quantitative estimate of drug-likeness (QED) is 0.808. The smallest absolute Gasteiger partial charge is 0.147 e. The lowest BCUT2D eigenvalue weighted by molar-refractivity contribution is 0.0995. The van der Waals surface area contributed by atoms with Crippen LogP contribution in [0.3, 0.4) is 0 Å². The van der Waals surface area contributed by atoms with Crippen molar-refractivity contribution in [2.75, 3.05) is 24.3 Å². The predicted octanol–water partition coefficient (Wildman–Crippen LogP) is 1.50. The molecule has 0 bridgehead atoms. The van der Waals surface area contributed by atoms with Gasteiger partial charge in [0, 0.05) is 13.7 Å². The first-order valence-corrected chi connectivity index (χ1v) is 5.67. The van der Waals surface area contributed by atoms with Crippen molar-refractivity contribution in [3.63, 3.8) is 0 Å². The maximum atomic E-state index is 5.62. The third-order valence-electron chi connectivity index (χ3n) is 2.79. The molecule has 1 aromatic heterocycles. The van der Waals surface area contributed by atoms with Crippen molar-refractivity contribution in [3.8, 4) is 0 Å². The molecular weight excluding hydrogens is 204 g/mol. The van der Waals surface area contributed by atoms with Crippen LogP contribution >= 0.6 is 0 Å². The van der Waals surface area contributed by atoms with E-state index in [-0.39, 0.29) is 6.04 Å². The summed E-state index contributed by atoms with van der Waals surface area (Å²) in [4.78, 5) is 8.47. The molecule has 2 N–H and O–H groups in total. The van der Waals surface area contributed by atoms with E-state index in [0.29, 0.717) is 6.10 Å². The Bertz CT molecular complexity index is 339. The van der Waals surface area contributed by atoms with Crippen LogP contribution in [0.1, 0.15) is 19.8 Å². The topological polar surface area (TPSA) is 59.1 Å². The van der Waals surface area contributed by atoms with Gasteiger partial charge in [-0.15, -0.1) is 0 Å². The van der Waals surface area contributed by atoms with Crippen LogP contribution in [0.2, 0.25) is 0 Å². The molecule has 16 heavy (non-hydrogen) atoms. The van der Waals surface area contributed by atoms with Crippen molar-refractivity contribution in [1.29, 1.82) is 0 Å². The summed E-state index contributed by atoms with van der Waals surface area (Å²) in [5, 5.41) is 6.29. The van der Waals surface area contributed by atoms with Crippen LogP contribution < -0.4 is 10.6 Å². The van der Waals surface area contributed by atoms with Gasteiger partial charge in [-0.2, -0.15) is 0 Å². The summed E-state index contributed by atoms with van der Waals surface area (Å²) < 4.78 is 5.62. The molecular formula is C11H18N4O. The molecule has 0 aliphatic carbocycles. The molecule has 2 atom stereocenters. The predicted molar refractivity (Wildman–Crippen MR) is 63.6 cm³/mol. The third kappa shape index (κ3) is 2.61. The SMILES string of the molecule is CNc1cncc(NC(C)C2CCCO2)n1. The van der Waals surface area contributed by atoms with Gasteiger partial charge in [0.2, 0.25) is 0 Å². The number of nitrogens with zero attached hydrogens (tertiary/aromatic N) is 2. The number of hydrogen-bond donors (Lipinski definition) is 2. The summed E-state index contributed by atoms with van der Waals surface area (Å²) in [5.74, 6) is 1.55. The molecule has 1 aliphatic heterocycles. The highest BCUT2D eigenvalue weighted by Gasteiger charge is 2.22. The number of aromatic nitrogens is 2. The fourth-order valence-electron chi connectivity index (χ4n) is 1.88. The van der Waals surface area contributed by atoms with E-state index in [1.165, 1.54) is 0 Å². The molecule has 88 valence electrons. The summed E-state index contributed by atoms with van der Waals surface area (Å²) in [6.07, 6.45) is 5.99. The minimum Gasteiger partial charge on any atom is -0.376 e. The van der Waals surface area contributed by atoms with Crippen LogP contribution in [0.25, 0.3) is 0 Å². The van der Waals surface area contributed by atoms with Crippen molar-refractivity contribution in [1.82, 2.24) is 9.97 Å². The molecule has 1 aliphatic rings. The number of ether oxygens (including phenoxy) is 1. The van der Waals surface area contributed by atoms with Crippen LogP contribution in [0, 0.1) is 0 Å². The second kappa shape index (κ2) is 5.12. The minimum absolute atomic E-state index is 0.268. The first-order valence-electron chi connectivity index (χ1n) is 5.67. The first kappa shape index (κ1) is 11.1. The third-order valence-corrected chi connectivity index (χ3v) is 2.79. The molecule has 2 heterocycles. The Hall–Kier alpha value is -1.36. The summed E-state index contributed by atoms with van der Waals surface area (Å²) >= 11 is 0. The molecule has 1 fully saturated rings. The lowest BCUT2D eigenvalue weighted by atomic mass is 10.1. The van der Waals surface area contributed by atoms with Gasteiger partial charge in [-0.25, -0.2) is 4.98 Å². The Morgan fingerprint density at radius 2 is 2.25 bits per heavy atom. The molecule has 1 saturated heterocycles. The van der Waals surface area contributed by atoms with E-state index in [1.807, 2.05) is 7.05 Å². The van der Waals surface area contributed by atoms with E-state index in [0.717, 1.165) is 31.1 Å². The molecule has 0 aromatic carbocycles. The molecule has 1 aromatic rings. The number of anilines is 2. The second-order valence-corrected chi connectivity index (χ2v) is 4.02. The normalized spacial score (nSPS) is 21.8. The monoisotopic (exact) mass is 222 g/mol. The van der Waals surface area contributed by atoms with Gasteiger partial charge in [0.05, 0.1) is 24.5 Å². The minimum atomic E-state index is 0.268. The van der Waals surface area contributed by atoms with Crippen molar-refractivity contribution in [3.05, 3.63) is 12.4 Å². The standard InChI is InChI=1S/C11H18N4O/c1-8(9-4-3-5-16-9)14-11-7-13-6-10(12-2)15-11/h6-9H,3-5H2,1-2H3,(H2,12,14,15).